The highest BCUT2D eigenvalue weighted by Gasteiger charge is 2.06. The molecule has 4 nitrogen and oxygen atoms in total. The zero-order valence-electron chi connectivity index (χ0n) is 12.8. The summed E-state index contributed by atoms with van der Waals surface area (Å²) in [6.07, 6.45) is 1.57. The molecule has 0 amide bonds. The summed E-state index contributed by atoms with van der Waals surface area (Å²) in [4.78, 5) is 0. The SMILES string of the molecule is Nc1cccc(CC#CS(=O)(=O)CCCc2cccc(N)c2)c1. The van der Waals surface area contributed by atoms with E-state index in [0.29, 0.717) is 30.6 Å². The van der Waals surface area contributed by atoms with Crippen molar-refractivity contribution in [2.75, 3.05) is 17.2 Å². The molecule has 0 aromatic heterocycles. The van der Waals surface area contributed by atoms with Gasteiger partial charge in [0, 0.05) is 23.0 Å². The van der Waals surface area contributed by atoms with Crippen LogP contribution in [-0.4, -0.2) is 14.2 Å². The summed E-state index contributed by atoms with van der Waals surface area (Å²) in [5, 5.41) is 2.38. The van der Waals surface area contributed by atoms with Crippen molar-refractivity contribution in [2.24, 2.45) is 0 Å². The molecule has 0 aliphatic rings. The normalized spacial score (nSPS) is 10.8. The van der Waals surface area contributed by atoms with Crippen molar-refractivity contribution in [3.8, 4) is 11.2 Å². The first kappa shape index (κ1) is 16.9. The summed E-state index contributed by atoms with van der Waals surface area (Å²) in [6, 6.07) is 14.7. The second-order valence-corrected chi connectivity index (χ2v) is 7.21. The molecule has 0 aliphatic carbocycles. The Bertz CT molecular complexity index is 833. The van der Waals surface area contributed by atoms with Gasteiger partial charge in [-0.1, -0.05) is 30.2 Å². The lowest BCUT2D eigenvalue weighted by atomic mass is 10.1. The largest absolute Gasteiger partial charge is 0.399 e. The molecule has 0 aliphatic heterocycles. The fourth-order valence-corrected chi connectivity index (χ4v) is 3.14. The van der Waals surface area contributed by atoms with Gasteiger partial charge >= 0.3 is 0 Å². The van der Waals surface area contributed by atoms with Gasteiger partial charge in [-0.3, -0.25) is 0 Å². The molecule has 0 bridgehead atoms. The van der Waals surface area contributed by atoms with Gasteiger partial charge in [0.05, 0.1) is 5.75 Å². The fraction of sp³-hybridized carbons (Fsp3) is 0.222. The van der Waals surface area contributed by atoms with Gasteiger partial charge in [0.2, 0.25) is 9.84 Å². The van der Waals surface area contributed by atoms with Crippen molar-refractivity contribution in [3.63, 3.8) is 0 Å². The Balaban J connectivity index is 1.86. The van der Waals surface area contributed by atoms with Crippen LogP contribution in [0.15, 0.2) is 48.5 Å². The Morgan fingerprint density at radius 2 is 1.52 bits per heavy atom. The molecule has 0 radical (unpaired) electrons. The first-order valence-electron chi connectivity index (χ1n) is 7.36. The van der Waals surface area contributed by atoms with Gasteiger partial charge in [0.15, 0.2) is 0 Å². The van der Waals surface area contributed by atoms with E-state index in [0.717, 1.165) is 11.1 Å². The maximum atomic E-state index is 11.9. The Hall–Kier alpha value is -2.45. The van der Waals surface area contributed by atoms with Gasteiger partial charge in [0.25, 0.3) is 0 Å². The van der Waals surface area contributed by atoms with E-state index < -0.39 is 9.84 Å². The lowest BCUT2D eigenvalue weighted by Crippen LogP contribution is -2.04. The second kappa shape index (κ2) is 7.70. The van der Waals surface area contributed by atoms with E-state index in [9.17, 15) is 8.42 Å². The lowest BCUT2D eigenvalue weighted by Gasteiger charge is -2.01. The maximum absolute atomic E-state index is 11.9. The smallest absolute Gasteiger partial charge is 0.216 e. The van der Waals surface area contributed by atoms with Crippen LogP contribution in [-0.2, 0) is 22.7 Å². The molecule has 0 unspecified atom stereocenters. The van der Waals surface area contributed by atoms with E-state index in [1.54, 1.807) is 12.1 Å². The van der Waals surface area contributed by atoms with Crippen LogP contribution in [0.3, 0.4) is 0 Å². The summed E-state index contributed by atoms with van der Waals surface area (Å²) in [5.41, 5.74) is 14.7. The molecule has 2 aromatic rings. The first-order chi connectivity index (χ1) is 10.9. The summed E-state index contributed by atoms with van der Waals surface area (Å²) >= 11 is 0. The molecule has 0 spiro atoms. The van der Waals surface area contributed by atoms with Crippen molar-refractivity contribution in [2.45, 2.75) is 19.3 Å². The van der Waals surface area contributed by atoms with Gasteiger partial charge in [0.1, 0.15) is 0 Å². The van der Waals surface area contributed by atoms with Gasteiger partial charge in [-0.15, -0.1) is 0 Å². The number of nitrogens with two attached hydrogens (primary N) is 2. The summed E-state index contributed by atoms with van der Waals surface area (Å²) in [6.45, 7) is 0. The van der Waals surface area contributed by atoms with Crippen molar-refractivity contribution >= 4 is 21.2 Å². The minimum atomic E-state index is -3.37. The van der Waals surface area contributed by atoms with Crippen LogP contribution in [0.25, 0.3) is 0 Å². The number of rotatable bonds is 5. The van der Waals surface area contributed by atoms with E-state index in [-0.39, 0.29) is 5.75 Å². The Labute approximate surface area is 137 Å². The van der Waals surface area contributed by atoms with Crippen LogP contribution in [0.5, 0.6) is 0 Å². The average molecular weight is 328 g/mol. The van der Waals surface area contributed by atoms with E-state index in [1.165, 1.54) is 0 Å². The summed E-state index contributed by atoms with van der Waals surface area (Å²) in [7, 11) is -3.37. The highest BCUT2D eigenvalue weighted by atomic mass is 32.2. The highest BCUT2D eigenvalue weighted by Crippen LogP contribution is 2.10. The van der Waals surface area contributed by atoms with Crippen molar-refractivity contribution < 1.29 is 8.42 Å². The van der Waals surface area contributed by atoms with Crippen LogP contribution in [0.2, 0.25) is 0 Å². The molecule has 0 saturated heterocycles. The molecule has 0 saturated carbocycles. The lowest BCUT2D eigenvalue weighted by molar-refractivity contribution is 0.603. The zero-order valence-corrected chi connectivity index (χ0v) is 13.6. The van der Waals surface area contributed by atoms with E-state index in [4.69, 9.17) is 11.5 Å². The number of hydrogen-bond acceptors (Lipinski definition) is 4. The molecule has 2 aromatic carbocycles. The standard InChI is InChI=1S/C18H20N2O2S/c19-17-9-1-5-15(13-17)7-3-11-23(21,22)12-4-8-16-6-2-10-18(20)14-16/h1-2,5-6,9-10,13-14H,3,7-8,11,19-20H2. The molecule has 4 N–H and O–H groups in total. The fourth-order valence-electron chi connectivity index (χ4n) is 2.22. The molecule has 0 atom stereocenters. The molecular formula is C18H20N2O2S. The third-order valence-corrected chi connectivity index (χ3v) is 4.58. The average Bonchev–Trinajstić information content (AvgIpc) is 2.47. The second-order valence-electron chi connectivity index (χ2n) is 5.37. The number of sulfone groups is 1. The quantitative estimate of drug-likeness (QED) is 0.501. The van der Waals surface area contributed by atoms with Crippen LogP contribution in [0, 0.1) is 11.2 Å². The van der Waals surface area contributed by atoms with Crippen LogP contribution in [0.1, 0.15) is 17.5 Å². The minimum absolute atomic E-state index is 0.0473. The summed E-state index contributed by atoms with van der Waals surface area (Å²) in [5.74, 6) is 2.76. The van der Waals surface area contributed by atoms with Crippen LogP contribution in [0.4, 0.5) is 11.4 Å². The first-order valence-corrected chi connectivity index (χ1v) is 9.01. The molecule has 120 valence electrons. The van der Waals surface area contributed by atoms with E-state index in [1.807, 2.05) is 36.4 Å². The van der Waals surface area contributed by atoms with E-state index in [2.05, 4.69) is 11.2 Å². The molecule has 0 heterocycles. The Morgan fingerprint density at radius 1 is 0.913 bits per heavy atom. The summed E-state index contributed by atoms with van der Waals surface area (Å²) < 4.78 is 23.8. The van der Waals surface area contributed by atoms with Crippen molar-refractivity contribution in [1.82, 2.24) is 0 Å². The Kier molecular flexibility index (Phi) is 5.67. The number of nitrogen functional groups attached to an aromatic ring is 2. The third kappa shape index (κ3) is 6.05. The zero-order chi connectivity index (χ0) is 16.7. The Morgan fingerprint density at radius 3 is 2.17 bits per heavy atom. The predicted molar refractivity (Wildman–Crippen MR) is 95.3 cm³/mol. The van der Waals surface area contributed by atoms with Crippen molar-refractivity contribution in [1.29, 1.82) is 0 Å². The van der Waals surface area contributed by atoms with Crippen LogP contribution < -0.4 is 11.5 Å². The third-order valence-electron chi connectivity index (χ3n) is 3.30. The van der Waals surface area contributed by atoms with Crippen LogP contribution >= 0.6 is 0 Å². The number of anilines is 2. The molecule has 23 heavy (non-hydrogen) atoms. The van der Waals surface area contributed by atoms with Crippen molar-refractivity contribution in [3.05, 3.63) is 59.7 Å². The number of benzene rings is 2. The molecule has 2 rings (SSSR count). The van der Waals surface area contributed by atoms with Gasteiger partial charge < -0.3 is 11.5 Å². The number of aryl methyl sites for hydroxylation is 1. The highest BCUT2D eigenvalue weighted by molar-refractivity contribution is 7.96. The van der Waals surface area contributed by atoms with Gasteiger partial charge in [-0.2, -0.15) is 0 Å². The molecule has 0 fully saturated rings. The minimum Gasteiger partial charge on any atom is -0.399 e. The number of hydrogen-bond donors (Lipinski definition) is 2. The van der Waals surface area contributed by atoms with E-state index >= 15 is 0 Å². The monoisotopic (exact) mass is 328 g/mol. The molecular weight excluding hydrogens is 308 g/mol. The molecule has 5 heteroatoms. The maximum Gasteiger partial charge on any atom is 0.216 e. The van der Waals surface area contributed by atoms with Gasteiger partial charge in [-0.25, -0.2) is 8.42 Å². The predicted octanol–water partition coefficient (Wildman–Crippen LogP) is 2.40. The van der Waals surface area contributed by atoms with Gasteiger partial charge in [-0.05, 0) is 48.2 Å². The topological polar surface area (TPSA) is 86.2 Å².